The molecule has 1 aromatic heterocycles. The summed E-state index contributed by atoms with van der Waals surface area (Å²) >= 11 is 0. The highest BCUT2D eigenvalue weighted by Gasteiger charge is 2.22. The van der Waals surface area contributed by atoms with E-state index in [0.717, 1.165) is 62.3 Å². The fourth-order valence-corrected chi connectivity index (χ4v) is 4.89. The number of amides is 1. The van der Waals surface area contributed by atoms with Gasteiger partial charge in [-0.1, -0.05) is 30.3 Å². The lowest BCUT2D eigenvalue weighted by Crippen LogP contribution is -2.44. The summed E-state index contributed by atoms with van der Waals surface area (Å²) in [5, 5.41) is 4.24. The molecule has 5 rings (SSSR count). The lowest BCUT2D eigenvalue weighted by Gasteiger charge is -2.32. The summed E-state index contributed by atoms with van der Waals surface area (Å²) < 4.78 is 0. The fourth-order valence-electron chi connectivity index (χ4n) is 4.89. The second kappa shape index (κ2) is 9.65. The monoisotopic (exact) mass is 429 g/mol. The molecule has 0 spiro atoms. The van der Waals surface area contributed by atoms with Gasteiger partial charge in [-0.3, -0.25) is 9.69 Å². The van der Waals surface area contributed by atoms with Crippen LogP contribution in [0.5, 0.6) is 0 Å². The van der Waals surface area contributed by atoms with Crippen LogP contribution in [0.1, 0.15) is 48.0 Å². The summed E-state index contributed by atoms with van der Waals surface area (Å²) in [6.07, 6.45) is 7.25. The lowest BCUT2D eigenvalue weighted by molar-refractivity contribution is 0.0909. The third-order valence-electron chi connectivity index (χ3n) is 6.70. The van der Waals surface area contributed by atoms with Gasteiger partial charge in [0.05, 0.1) is 5.52 Å². The van der Waals surface area contributed by atoms with Crippen LogP contribution in [0.2, 0.25) is 0 Å². The van der Waals surface area contributed by atoms with Crippen molar-refractivity contribution >= 4 is 22.6 Å². The number of nitrogens with zero attached hydrogens (tertiary/aromatic N) is 4. The number of fused-ring (bicyclic) bond motifs is 1. The van der Waals surface area contributed by atoms with E-state index in [-0.39, 0.29) is 11.9 Å². The van der Waals surface area contributed by atoms with E-state index in [4.69, 9.17) is 0 Å². The summed E-state index contributed by atoms with van der Waals surface area (Å²) in [6, 6.07) is 16.6. The van der Waals surface area contributed by atoms with E-state index in [0.29, 0.717) is 5.56 Å². The van der Waals surface area contributed by atoms with Crippen molar-refractivity contribution in [1.82, 2.24) is 20.2 Å². The number of carbonyl (C=O) groups is 1. The molecule has 1 amide bonds. The first kappa shape index (κ1) is 20.9. The molecule has 0 unspecified atom stereocenters. The first-order valence-electron chi connectivity index (χ1n) is 11.8. The molecular formula is C26H31N5O. The molecule has 2 saturated heterocycles. The largest absolute Gasteiger partial charge is 0.356 e. The molecule has 3 heterocycles. The van der Waals surface area contributed by atoms with Gasteiger partial charge in [0.1, 0.15) is 12.1 Å². The molecule has 0 aliphatic carbocycles. The summed E-state index contributed by atoms with van der Waals surface area (Å²) in [5.41, 5.74) is 2.93. The number of aromatic nitrogens is 2. The van der Waals surface area contributed by atoms with Crippen LogP contribution in [0.15, 0.2) is 54.9 Å². The van der Waals surface area contributed by atoms with Crippen LogP contribution in [0.25, 0.3) is 10.9 Å². The van der Waals surface area contributed by atoms with E-state index in [1.54, 1.807) is 6.33 Å². The maximum absolute atomic E-state index is 13.0. The van der Waals surface area contributed by atoms with Crippen molar-refractivity contribution in [3.8, 4) is 0 Å². The topological polar surface area (TPSA) is 61.4 Å². The van der Waals surface area contributed by atoms with E-state index < -0.39 is 0 Å². The average Bonchev–Trinajstić information content (AvgIpc) is 2.86. The van der Waals surface area contributed by atoms with Crippen molar-refractivity contribution in [1.29, 1.82) is 0 Å². The molecule has 0 bridgehead atoms. The van der Waals surface area contributed by atoms with Crippen LogP contribution >= 0.6 is 0 Å². The molecule has 2 aliphatic heterocycles. The van der Waals surface area contributed by atoms with Gasteiger partial charge in [-0.05, 0) is 55.9 Å². The van der Waals surface area contributed by atoms with Crippen LogP contribution in [-0.2, 0) is 6.54 Å². The molecule has 166 valence electrons. The third-order valence-corrected chi connectivity index (χ3v) is 6.70. The van der Waals surface area contributed by atoms with Crippen molar-refractivity contribution in [2.24, 2.45) is 0 Å². The second-order valence-electron chi connectivity index (χ2n) is 8.99. The quantitative estimate of drug-likeness (QED) is 0.664. The summed E-state index contributed by atoms with van der Waals surface area (Å²) in [7, 11) is 0. The predicted octanol–water partition coefficient (Wildman–Crippen LogP) is 4.01. The van der Waals surface area contributed by atoms with E-state index in [2.05, 4.69) is 55.4 Å². The van der Waals surface area contributed by atoms with Crippen molar-refractivity contribution in [3.05, 3.63) is 66.0 Å². The average molecular weight is 430 g/mol. The Bertz CT molecular complexity index is 1060. The standard InChI is InChI=1S/C26H31N5O/c32-26(29-22-11-15-30(16-12-22)18-20-7-3-1-4-8-20)21-9-10-24-23(17-21)25(28-19-27-24)31-13-5-2-6-14-31/h1,3-4,7-10,17,19,22H,2,5-6,11-16,18H2,(H,29,32). The number of carbonyl (C=O) groups excluding carboxylic acids is 1. The Morgan fingerprint density at radius 2 is 1.72 bits per heavy atom. The Hall–Kier alpha value is -2.99. The number of likely N-dealkylation sites (tertiary alicyclic amines) is 1. The molecule has 0 saturated carbocycles. The number of hydrogen-bond acceptors (Lipinski definition) is 5. The van der Waals surface area contributed by atoms with Gasteiger partial charge in [-0.2, -0.15) is 0 Å². The highest BCUT2D eigenvalue weighted by molar-refractivity contribution is 6.00. The maximum atomic E-state index is 13.0. The number of piperidine rings is 2. The Morgan fingerprint density at radius 3 is 2.50 bits per heavy atom. The van der Waals surface area contributed by atoms with Gasteiger partial charge in [0, 0.05) is 49.7 Å². The zero-order chi connectivity index (χ0) is 21.8. The normalized spacial score (nSPS) is 18.1. The van der Waals surface area contributed by atoms with Crippen molar-refractivity contribution in [3.63, 3.8) is 0 Å². The third kappa shape index (κ3) is 4.75. The molecule has 2 fully saturated rings. The molecule has 3 aromatic rings. The molecule has 6 nitrogen and oxygen atoms in total. The van der Waals surface area contributed by atoms with Gasteiger partial charge in [-0.15, -0.1) is 0 Å². The van der Waals surface area contributed by atoms with Gasteiger partial charge in [0.15, 0.2) is 0 Å². The molecule has 0 atom stereocenters. The van der Waals surface area contributed by atoms with Gasteiger partial charge in [-0.25, -0.2) is 9.97 Å². The first-order chi connectivity index (χ1) is 15.8. The lowest BCUT2D eigenvalue weighted by atomic mass is 10.0. The predicted molar refractivity (Wildman–Crippen MR) is 128 cm³/mol. The van der Waals surface area contributed by atoms with E-state index in [1.165, 1.54) is 24.8 Å². The number of nitrogens with one attached hydrogen (secondary N) is 1. The fraction of sp³-hybridized carbons (Fsp3) is 0.423. The van der Waals surface area contributed by atoms with Crippen LogP contribution in [-0.4, -0.2) is 53.0 Å². The Kier molecular flexibility index (Phi) is 6.30. The Labute approximate surface area is 189 Å². The summed E-state index contributed by atoms with van der Waals surface area (Å²) in [5.74, 6) is 0.959. The van der Waals surface area contributed by atoms with E-state index >= 15 is 0 Å². The highest BCUT2D eigenvalue weighted by atomic mass is 16.1. The minimum atomic E-state index is 0.00172. The first-order valence-corrected chi connectivity index (χ1v) is 11.8. The number of rotatable bonds is 5. The molecular weight excluding hydrogens is 398 g/mol. The number of hydrogen-bond donors (Lipinski definition) is 1. The van der Waals surface area contributed by atoms with Crippen LogP contribution < -0.4 is 10.2 Å². The van der Waals surface area contributed by atoms with E-state index in [9.17, 15) is 4.79 Å². The molecule has 32 heavy (non-hydrogen) atoms. The Morgan fingerprint density at radius 1 is 0.938 bits per heavy atom. The maximum Gasteiger partial charge on any atom is 0.251 e. The minimum Gasteiger partial charge on any atom is -0.356 e. The van der Waals surface area contributed by atoms with Gasteiger partial charge in [0.2, 0.25) is 0 Å². The SMILES string of the molecule is O=C(NC1CCN(Cc2ccccc2)CC1)c1ccc2ncnc(N3CCCCC3)c2c1. The molecule has 2 aromatic carbocycles. The van der Waals surface area contributed by atoms with Crippen molar-refractivity contribution in [2.75, 3.05) is 31.1 Å². The van der Waals surface area contributed by atoms with Gasteiger partial charge >= 0.3 is 0 Å². The zero-order valence-electron chi connectivity index (χ0n) is 18.5. The van der Waals surface area contributed by atoms with Gasteiger partial charge < -0.3 is 10.2 Å². The zero-order valence-corrected chi connectivity index (χ0v) is 18.5. The van der Waals surface area contributed by atoms with Gasteiger partial charge in [0.25, 0.3) is 5.91 Å². The van der Waals surface area contributed by atoms with Crippen molar-refractivity contribution < 1.29 is 4.79 Å². The van der Waals surface area contributed by atoms with Crippen LogP contribution in [0.4, 0.5) is 5.82 Å². The smallest absolute Gasteiger partial charge is 0.251 e. The number of benzene rings is 2. The molecule has 0 radical (unpaired) electrons. The molecule has 1 N–H and O–H groups in total. The number of anilines is 1. The summed E-state index contributed by atoms with van der Waals surface area (Å²) in [6.45, 7) is 5.02. The molecule has 6 heteroatoms. The van der Waals surface area contributed by atoms with Crippen molar-refractivity contribution in [2.45, 2.75) is 44.7 Å². The van der Waals surface area contributed by atoms with Crippen LogP contribution in [0, 0.1) is 0 Å². The van der Waals surface area contributed by atoms with Crippen LogP contribution in [0.3, 0.4) is 0 Å². The second-order valence-corrected chi connectivity index (χ2v) is 8.99. The molecule has 2 aliphatic rings. The highest BCUT2D eigenvalue weighted by Crippen LogP contribution is 2.26. The Balaban J connectivity index is 1.23. The minimum absolute atomic E-state index is 0.00172. The summed E-state index contributed by atoms with van der Waals surface area (Å²) in [4.78, 5) is 26.8. The van der Waals surface area contributed by atoms with E-state index in [1.807, 2.05) is 18.2 Å².